The van der Waals surface area contributed by atoms with Crippen molar-refractivity contribution in [2.75, 3.05) is 16.8 Å². The van der Waals surface area contributed by atoms with E-state index in [0.29, 0.717) is 5.69 Å². The highest BCUT2D eigenvalue weighted by molar-refractivity contribution is 7.91. The first-order chi connectivity index (χ1) is 11.4. The Balaban J connectivity index is 2.40. The number of nitrogens with two attached hydrogens (primary N) is 2. The number of anilines is 4. The van der Waals surface area contributed by atoms with E-state index in [1.54, 1.807) is 0 Å². The van der Waals surface area contributed by atoms with Gasteiger partial charge in [0.25, 0.3) is 10.1 Å². The molecule has 0 saturated carbocycles. The zero-order chi connectivity index (χ0) is 19.0. The van der Waals surface area contributed by atoms with Crippen LogP contribution in [0.25, 0.3) is 0 Å². The number of sulfone groups is 1. The molecule has 0 bridgehead atoms. The van der Waals surface area contributed by atoms with Gasteiger partial charge >= 0.3 is 0 Å². The lowest BCUT2D eigenvalue weighted by atomic mass is 10.2. The van der Waals surface area contributed by atoms with Crippen LogP contribution in [0.2, 0.25) is 0 Å². The molecule has 0 heterocycles. The molecule has 0 saturated heterocycles. The molecule has 11 heteroatoms. The van der Waals surface area contributed by atoms with E-state index in [1.807, 2.05) is 0 Å². The van der Waals surface area contributed by atoms with Gasteiger partial charge in [0.15, 0.2) is 5.44 Å². The lowest BCUT2D eigenvalue weighted by Gasteiger charge is -2.13. The Morgan fingerprint density at radius 3 is 2.16 bits per heavy atom. The van der Waals surface area contributed by atoms with Gasteiger partial charge in [-0.05, 0) is 43.3 Å². The van der Waals surface area contributed by atoms with Gasteiger partial charge in [-0.25, -0.2) is 8.42 Å². The SMILES string of the molecule is CC(O)S(=O)(=O)c1ccc(Nc2ccc(N)c(S(=O)(=O)O)c2)c(N)c1. The first-order valence-electron chi connectivity index (χ1n) is 6.88. The standard InChI is InChI=1S/C14H17N3O6S2/c1-8(18)24(19,20)10-3-5-13(12(16)7-10)17-9-2-4-11(15)14(6-9)25(21,22)23/h2-8,17-18H,15-16H2,1H3,(H,21,22,23). The number of benzene rings is 2. The Bertz CT molecular complexity index is 1020. The lowest BCUT2D eigenvalue weighted by molar-refractivity contribution is 0.268. The van der Waals surface area contributed by atoms with E-state index in [-0.39, 0.29) is 22.0 Å². The second-order valence-corrected chi connectivity index (χ2v) is 8.88. The highest BCUT2D eigenvalue weighted by Gasteiger charge is 2.21. The molecule has 2 aromatic rings. The Kier molecular flexibility index (Phi) is 4.95. The van der Waals surface area contributed by atoms with E-state index in [2.05, 4.69) is 5.32 Å². The number of aliphatic hydroxyl groups is 1. The third-order valence-electron chi connectivity index (χ3n) is 3.37. The molecule has 7 N–H and O–H groups in total. The second kappa shape index (κ2) is 6.52. The Hall–Kier alpha value is -2.34. The van der Waals surface area contributed by atoms with Crippen LogP contribution in [-0.2, 0) is 20.0 Å². The van der Waals surface area contributed by atoms with Gasteiger partial charge in [0.1, 0.15) is 4.90 Å². The van der Waals surface area contributed by atoms with Crippen LogP contribution in [0.1, 0.15) is 6.92 Å². The summed E-state index contributed by atoms with van der Waals surface area (Å²) < 4.78 is 55.5. The zero-order valence-electron chi connectivity index (χ0n) is 13.0. The molecule has 0 aromatic heterocycles. The number of nitrogen functional groups attached to an aromatic ring is 2. The molecule has 0 amide bonds. The van der Waals surface area contributed by atoms with E-state index in [1.165, 1.54) is 30.3 Å². The smallest absolute Gasteiger partial charge is 0.296 e. The first-order valence-corrected chi connectivity index (χ1v) is 9.87. The molecule has 0 aliphatic heterocycles. The maximum atomic E-state index is 11.9. The average molecular weight is 387 g/mol. The summed E-state index contributed by atoms with van der Waals surface area (Å²) in [6, 6.07) is 7.66. The molecule has 0 spiro atoms. The van der Waals surface area contributed by atoms with Crippen molar-refractivity contribution in [2.24, 2.45) is 0 Å². The van der Waals surface area contributed by atoms with Crippen molar-refractivity contribution >= 4 is 42.7 Å². The molecular weight excluding hydrogens is 370 g/mol. The van der Waals surface area contributed by atoms with E-state index < -0.39 is 30.3 Å². The van der Waals surface area contributed by atoms with Crippen molar-refractivity contribution < 1.29 is 26.5 Å². The molecule has 1 unspecified atom stereocenters. The highest BCUT2D eigenvalue weighted by atomic mass is 32.2. The van der Waals surface area contributed by atoms with Gasteiger partial charge in [0.2, 0.25) is 9.84 Å². The zero-order valence-corrected chi connectivity index (χ0v) is 14.7. The van der Waals surface area contributed by atoms with Crippen LogP contribution in [0.4, 0.5) is 22.7 Å². The summed E-state index contributed by atoms with van der Waals surface area (Å²) in [6.45, 7) is 1.13. The monoisotopic (exact) mass is 387 g/mol. The van der Waals surface area contributed by atoms with Gasteiger partial charge in [-0.2, -0.15) is 8.42 Å². The highest BCUT2D eigenvalue weighted by Crippen LogP contribution is 2.29. The minimum Gasteiger partial charge on any atom is -0.398 e. The van der Waals surface area contributed by atoms with Gasteiger partial charge in [-0.3, -0.25) is 4.55 Å². The minimum atomic E-state index is -4.50. The molecule has 0 aliphatic carbocycles. The largest absolute Gasteiger partial charge is 0.398 e. The van der Waals surface area contributed by atoms with Gasteiger partial charge < -0.3 is 21.9 Å². The number of nitrogens with one attached hydrogen (secondary N) is 1. The molecule has 0 fully saturated rings. The summed E-state index contributed by atoms with van der Waals surface area (Å²) in [5, 5.41) is 12.1. The molecule has 2 aromatic carbocycles. The van der Waals surface area contributed by atoms with Crippen molar-refractivity contribution in [3.8, 4) is 0 Å². The van der Waals surface area contributed by atoms with Gasteiger partial charge in [0.05, 0.1) is 22.0 Å². The summed E-state index contributed by atoms with van der Waals surface area (Å²) in [5.41, 5.74) is 10.3. The maximum Gasteiger partial charge on any atom is 0.296 e. The molecule has 0 radical (unpaired) electrons. The Labute approximate surface area is 144 Å². The molecule has 2 rings (SSSR count). The first kappa shape index (κ1) is 19.0. The van der Waals surface area contributed by atoms with Gasteiger partial charge in [-0.15, -0.1) is 0 Å². The second-order valence-electron chi connectivity index (χ2n) is 5.25. The number of hydrogen-bond acceptors (Lipinski definition) is 8. The fourth-order valence-electron chi connectivity index (χ4n) is 2.02. The van der Waals surface area contributed by atoms with Crippen LogP contribution in [0, 0.1) is 0 Å². The van der Waals surface area contributed by atoms with Crippen molar-refractivity contribution in [1.29, 1.82) is 0 Å². The van der Waals surface area contributed by atoms with Crippen molar-refractivity contribution in [1.82, 2.24) is 0 Å². The van der Waals surface area contributed by atoms with Crippen molar-refractivity contribution in [3.63, 3.8) is 0 Å². The quantitative estimate of drug-likeness (QED) is 0.370. The molecular formula is C14H17N3O6S2. The minimum absolute atomic E-state index is 0.0620. The normalized spacial score (nSPS) is 13.4. The molecule has 0 aliphatic rings. The van der Waals surface area contributed by atoms with Crippen LogP contribution in [0.5, 0.6) is 0 Å². The summed E-state index contributed by atoms with van der Waals surface area (Å²) in [4.78, 5) is -0.620. The summed E-state index contributed by atoms with van der Waals surface area (Å²) in [5.74, 6) is 0. The Morgan fingerprint density at radius 1 is 1.00 bits per heavy atom. The van der Waals surface area contributed by atoms with Crippen LogP contribution < -0.4 is 16.8 Å². The summed E-state index contributed by atoms with van der Waals surface area (Å²) in [7, 11) is -8.40. The van der Waals surface area contributed by atoms with Crippen LogP contribution in [0.3, 0.4) is 0 Å². The molecule has 25 heavy (non-hydrogen) atoms. The van der Waals surface area contributed by atoms with Gasteiger partial charge in [-0.1, -0.05) is 0 Å². The molecule has 9 nitrogen and oxygen atoms in total. The molecule has 136 valence electrons. The topological polar surface area (TPSA) is 173 Å². The third kappa shape index (κ3) is 4.02. The average Bonchev–Trinajstić information content (AvgIpc) is 2.49. The molecule has 1 atom stereocenters. The number of hydrogen-bond donors (Lipinski definition) is 5. The number of aliphatic hydroxyl groups excluding tert-OH is 1. The fourth-order valence-corrected chi connectivity index (χ4v) is 3.60. The van der Waals surface area contributed by atoms with Crippen LogP contribution in [-0.4, -0.2) is 31.9 Å². The van der Waals surface area contributed by atoms with Crippen molar-refractivity contribution in [2.45, 2.75) is 22.2 Å². The lowest BCUT2D eigenvalue weighted by Crippen LogP contribution is -2.17. The third-order valence-corrected chi connectivity index (χ3v) is 6.09. The van der Waals surface area contributed by atoms with E-state index in [0.717, 1.165) is 13.0 Å². The van der Waals surface area contributed by atoms with Crippen molar-refractivity contribution in [3.05, 3.63) is 36.4 Å². The summed E-state index contributed by atoms with van der Waals surface area (Å²) in [6.07, 6.45) is 0. The van der Waals surface area contributed by atoms with Crippen LogP contribution in [0.15, 0.2) is 46.2 Å². The van der Waals surface area contributed by atoms with Crippen LogP contribution >= 0.6 is 0 Å². The predicted molar refractivity (Wildman–Crippen MR) is 93.7 cm³/mol. The number of rotatable bonds is 5. The van der Waals surface area contributed by atoms with E-state index in [9.17, 15) is 21.9 Å². The summed E-state index contributed by atoms with van der Waals surface area (Å²) >= 11 is 0. The Morgan fingerprint density at radius 2 is 1.64 bits per heavy atom. The predicted octanol–water partition coefficient (Wildman–Crippen LogP) is 0.953. The van der Waals surface area contributed by atoms with E-state index >= 15 is 0 Å². The van der Waals surface area contributed by atoms with E-state index in [4.69, 9.17) is 16.0 Å². The fraction of sp³-hybridized carbons (Fsp3) is 0.143. The maximum absolute atomic E-state index is 11.9. The van der Waals surface area contributed by atoms with Gasteiger partial charge in [0, 0.05) is 5.69 Å².